The Bertz CT molecular complexity index is 1710. The maximum Gasteiger partial charge on any atom is 0.124 e. The van der Waals surface area contributed by atoms with E-state index < -0.39 is 134 Å². The highest BCUT2D eigenvalue weighted by atomic mass is 16.6. The third-order valence-corrected chi connectivity index (χ3v) is 18.5. The lowest BCUT2D eigenvalue weighted by molar-refractivity contribution is -0.391. The van der Waals surface area contributed by atoms with Crippen molar-refractivity contribution in [3.63, 3.8) is 0 Å². The predicted molar refractivity (Wildman–Crippen MR) is 235 cm³/mol. The molecule has 0 amide bonds. The Morgan fingerprint density at radius 2 is 0.606 bits per heavy atom. The molecular formula is C46H86O20. The van der Waals surface area contributed by atoms with Crippen molar-refractivity contribution in [2.45, 2.75) is 219 Å². The Morgan fingerprint density at radius 1 is 0.333 bits per heavy atom. The number of rotatable bonds is 16. The van der Waals surface area contributed by atoms with E-state index in [0.717, 1.165) is 0 Å². The summed E-state index contributed by atoms with van der Waals surface area (Å²) in [7, 11) is 2.80. The van der Waals surface area contributed by atoms with Gasteiger partial charge in [0.2, 0.25) is 0 Å². The Hall–Kier alpha value is -0.800. The zero-order valence-corrected chi connectivity index (χ0v) is 42.6. The van der Waals surface area contributed by atoms with E-state index in [-0.39, 0.29) is 33.0 Å². The summed E-state index contributed by atoms with van der Waals surface area (Å²) >= 11 is 0. The molecule has 0 bridgehead atoms. The van der Waals surface area contributed by atoms with Crippen LogP contribution in [0.25, 0.3) is 0 Å². The molecule has 20 atom stereocenters. The van der Waals surface area contributed by atoms with Crippen molar-refractivity contribution in [3.05, 3.63) is 0 Å². The van der Waals surface area contributed by atoms with Gasteiger partial charge in [-0.25, -0.2) is 0 Å². The molecule has 4 fully saturated rings. The van der Waals surface area contributed by atoms with Crippen molar-refractivity contribution in [1.82, 2.24) is 0 Å². The van der Waals surface area contributed by atoms with Crippen LogP contribution in [0.5, 0.6) is 0 Å². The van der Waals surface area contributed by atoms with E-state index in [4.69, 9.17) is 42.6 Å². The maximum atomic E-state index is 12.0. The van der Waals surface area contributed by atoms with Crippen molar-refractivity contribution < 1.29 is 98.8 Å². The minimum absolute atomic E-state index is 0.114. The summed E-state index contributed by atoms with van der Waals surface area (Å²) in [4.78, 5) is 0. The van der Waals surface area contributed by atoms with E-state index >= 15 is 0 Å². The minimum Gasteiger partial charge on any atom is -0.387 e. The second-order valence-electron chi connectivity index (χ2n) is 22.8. The van der Waals surface area contributed by atoms with Crippen LogP contribution in [-0.4, -0.2) is 232 Å². The molecule has 390 valence electrons. The highest BCUT2D eigenvalue weighted by molar-refractivity contribution is 5.23. The Morgan fingerprint density at radius 3 is 0.924 bits per heavy atom. The zero-order chi connectivity index (χ0) is 51.4. The van der Waals surface area contributed by atoms with Crippen LogP contribution in [-0.2, 0) is 42.6 Å². The van der Waals surface area contributed by atoms with E-state index in [1.807, 2.05) is 0 Å². The van der Waals surface area contributed by atoms with Crippen LogP contribution in [0, 0.1) is 5.92 Å². The summed E-state index contributed by atoms with van der Waals surface area (Å²) in [5.74, 6) is -0.881. The largest absolute Gasteiger partial charge is 0.387 e. The number of hydrogen-bond donors (Lipinski definition) is 11. The van der Waals surface area contributed by atoms with Crippen LogP contribution >= 0.6 is 0 Å². The Labute approximate surface area is 390 Å². The van der Waals surface area contributed by atoms with E-state index in [1.54, 1.807) is 13.8 Å². The maximum absolute atomic E-state index is 12.0. The Kier molecular flexibility index (Phi) is 15.3. The smallest absolute Gasteiger partial charge is 0.124 e. The molecule has 4 aliphatic heterocycles. The van der Waals surface area contributed by atoms with Gasteiger partial charge >= 0.3 is 0 Å². The number of ether oxygens (including phenoxy) is 9. The van der Waals surface area contributed by atoms with Gasteiger partial charge in [-0.1, -0.05) is 6.92 Å². The third kappa shape index (κ3) is 8.15. The van der Waals surface area contributed by atoms with E-state index in [0.29, 0.717) is 0 Å². The van der Waals surface area contributed by atoms with Gasteiger partial charge in [0.1, 0.15) is 97.2 Å². The molecule has 4 rings (SSSR count). The molecule has 0 radical (unpaired) electrons. The summed E-state index contributed by atoms with van der Waals surface area (Å²) in [6.07, 6.45) is -4.82. The lowest BCUT2D eigenvalue weighted by Crippen LogP contribution is -2.82. The van der Waals surface area contributed by atoms with Crippen LogP contribution < -0.4 is 0 Å². The van der Waals surface area contributed by atoms with Crippen LogP contribution in [0.3, 0.4) is 0 Å². The fourth-order valence-electron chi connectivity index (χ4n) is 10.5. The molecule has 0 saturated carbocycles. The first-order valence-corrected chi connectivity index (χ1v) is 22.7. The molecule has 4 heterocycles. The van der Waals surface area contributed by atoms with Crippen molar-refractivity contribution in [2.75, 3.05) is 67.1 Å². The average Bonchev–Trinajstić information content (AvgIpc) is 3.16. The number of methoxy groups -OCH3 is 2. The van der Waals surface area contributed by atoms with Crippen molar-refractivity contribution in [1.29, 1.82) is 0 Å². The van der Waals surface area contributed by atoms with Crippen molar-refractivity contribution in [2.24, 2.45) is 5.92 Å². The number of hydrogen-bond acceptors (Lipinski definition) is 20. The standard InChI is InChI=1S/C46H86O20/c1-27-36(6,47)28(20-60-25-34(4)42(12,53)44(14,55)38(8,49)29(64-34)19-58-17)63-32(2,37(27,7)48)24-61-21-31-40(10,51)46(16,57)43(13,54)35(5,66-31)26-62-22-30-39(9,50)45(15,56)41(11,52)33(3,65-30)23-59-18/h27-31,47-57H,19-26H2,1-18H3. The lowest BCUT2D eigenvalue weighted by atomic mass is 9.61. The lowest BCUT2D eigenvalue weighted by Gasteiger charge is -2.63. The minimum atomic E-state index is -2.29. The zero-order valence-electron chi connectivity index (χ0n) is 42.6. The molecule has 66 heavy (non-hydrogen) atoms. The van der Waals surface area contributed by atoms with Crippen LogP contribution in [0.4, 0.5) is 0 Å². The van der Waals surface area contributed by atoms with Crippen LogP contribution in [0.15, 0.2) is 0 Å². The fraction of sp³-hybridized carbons (Fsp3) is 1.00. The van der Waals surface area contributed by atoms with E-state index in [9.17, 15) is 56.2 Å². The van der Waals surface area contributed by atoms with Gasteiger partial charge < -0.3 is 98.8 Å². The normalized spacial score (nSPS) is 57.0. The molecular weight excluding hydrogens is 872 g/mol. The van der Waals surface area contributed by atoms with Gasteiger partial charge in [0, 0.05) is 20.1 Å². The summed E-state index contributed by atoms with van der Waals surface area (Å²) < 4.78 is 54.2. The topological polar surface area (TPSA) is 306 Å². The first-order valence-electron chi connectivity index (χ1n) is 22.7. The second-order valence-corrected chi connectivity index (χ2v) is 22.8. The third-order valence-electron chi connectivity index (χ3n) is 18.5. The van der Waals surface area contributed by atoms with E-state index in [1.165, 1.54) is 111 Å². The van der Waals surface area contributed by atoms with Crippen molar-refractivity contribution in [3.8, 4) is 0 Å². The highest BCUT2D eigenvalue weighted by Crippen LogP contribution is 2.53. The van der Waals surface area contributed by atoms with Gasteiger partial charge in [-0.05, 0) is 104 Å². The van der Waals surface area contributed by atoms with Gasteiger partial charge in [-0.2, -0.15) is 0 Å². The molecule has 20 nitrogen and oxygen atoms in total. The molecule has 20 heteroatoms. The van der Waals surface area contributed by atoms with Crippen LogP contribution in [0.1, 0.15) is 111 Å². The van der Waals surface area contributed by atoms with Gasteiger partial charge in [0.25, 0.3) is 0 Å². The van der Waals surface area contributed by atoms with Gasteiger partial charge in [-0.15, -0.1) is 0 Å². The SMILES string of the molecule is COCC1OC(C)(COCC2OC(C)(COCC3OC(C)(COCC4OC(C)(COC)C(C)(O)C(C)(O)C4(C)O)C(C)(O)C(C)(O)C3(C)O)C(C)(O)C(C)C2(C)O)C(C)(O)C(C)(O)C1(C)O. The fourth-order valence-corrected chi connectivity index (χ4v) is 10.5. The predicted octanol–water partition coefficient (Wildman–Crippen LogP) is -1.14. The molecule has 20 unspecified atom stereocenters. The van der Waals surface area contributed by atoms with Gasteiger partial charge in [0.05, 0.1) is 64.1 Å². The summed E-state index contributed by atoms with van der Waals surface area (Å²) in [6.45, 7) is 19.8. The monoisotopic (exact) mass is 959 g/mol. The molecule has 0 aromatic rings. The van der Waals surface area contributed by atoms with Gasteiger partial charge in [-0.3, -0.25) is 0 Å². The highest BCUT2D eigenvalue weighted by Gasteiger charge is 2.73. The summed E-state index contributed by atoms with van der Waals surface area (Å²) in [5, 5.41) is 129. The summed E-state index contributed by atoms with van der Waals surface area (Å²) in [5.41, 5.74) is -29.0. The average molecular weight is 959 g/mol. The second kappa shape index (κ2) is 17.5. The Balaban J connectivity index is 1.53. The van der Waals surface area contributed by atoms with E-state index in [2.05, 4.69) is 0 Å². The molecule has 0 aromatic carbocycles. The first-order chi connectivity index (χ1) is 29.3. The quantitative estimate of drug-likeness (QED) is 0.0871. The molecule has 0 spiro atoms. The number of aliphatic hydroxyl groups is 11. The first kappa shape index (κ1) is 57.8. The molecule has 11 N–H and O–H groups in total. The van der Waals surface area contributed by atoms with Crippen LogP contribution in [0.2, 0.25) is 0 Å². The van der Waals surface area contributed by atoms with Crippen molar-refractivity contribution >= 4 is 0 Å². The summed E-state index contributed by atoms with van der Waals surface area (Å²) in [6, 6.07) is 0. The van der Waals surface area contributed by atoms with Gasteiger partial charge in [0.15, 0.2) is 0 Å². The molecule has 4 aliphatic rings. The molecule has 4 saturated heterocycles. The molecule has 0 aromatic heterocycles. The molecule has 0 aliphatic carbocycles.